The highest BCUT2D eigenvalue weighted by molar-refractivity contribution is 5.92. The number of aromatic amines is 1. The molecule has 0 bridgehead atoms. The predicted molar refractivity (Wildman–Crippen MR) is 166 cm³/mol. The fraction of sp³-hybridized carbons (Fsp3) is 0.455. The number of carbonyl (C=O) groups is 1. The largest absolute Gasteiger partial charge is 0.494 e. The standard InChI is InChI=1S/C33H42N6O4/c1-22(2)21-42-31-26(25-10-11-34-19-28(25)41-6)7-8-27-30(31)37-29(36-27)18-24-17-23(9-12-35-24)20-38-13-15-39(16-14-38)32(40)43-33(3,4)5/h7-12,17,19,22H,13-16,18,20-21H2,1-6H3,(H,36,37). The molecule has 228 valence electrons. The first-order valence-corrected chi connectivity index (χ1v) is 14.9. The SMILES string of the molecule is COc1cnccc1-c1ccc2[nH]c(Cc3cc(CN4CCN(C(=O)OC(C)(C)C)CC4)ccn3)nc2c1OCC(C)C. The van der Waals surface area contributed by atoms with Crippen molar-refractivity contribution in [3.05, 3.63) is 66.0 Å². The molecule has 1 saturated heterocycles. The number of H-pyrrole nitrogens is 1. The molecular formula is C33H42N6O4. The van der Waals surface area contributed by atoms with Crippen LogP contribution in [-0.4, -0.2) is 81.3 Å². The van der Waals surface area contributed by atoms with Gasteiger partial charge >= 0.3 is 6.09 Å². The maximum Gasteiger partial charge on any atom is 0.410 e. The molecule has 0 spiro atoms. The van der Waals surface area contributed by atoms with Crippen LogP contribution < -0.4 is 9.47 Å². The van der Waals surface area contributed by atoms with Crippen molar-refractivity contribution in [1.82, 2.24) is 29.7 Å². The van der Waals surface area contributed by atoms with E-state index in [1.165, 1.54) is 5.56 Å². The first kappa shape index (κ1) is 30.3. The van der Waals surface area contributed by atoms with Crippen molar-refractivity contribution in [2.45, 2.75) is 53.2 Å². The van der Waals surface area contributed by atoms with Crippen molar-refractivity contribution >= 4 is 17.1 Å². The molecule has 1 fully saturated rings. The number of piperazine rings is 1. The third kappa shape index (κ3) is 7.62. The fourth-order valence-electron chi connectivity index (χ4n) is 5.13. The molecule has 3 aromatic heterocycles. The summed E-state index contributed by atoms with van der Waals surface area (Å²) in [7, 11) is 1.64. The lowest BCUT2D eigenvalue weighted by atomic mass is 10.0. The van der Waals surface area contributed by atoms with E-state index in [1.807, 2.05) is 45.2 Å². The summed E-state index contributed by atoms with van der Waals surface area (Å²) in [6.45, 7) is 14.2. The molecule has 10 heteroatoms. The smallest absolute Gasteiger partial charge is 0.410 e. The number of amides is 1. The Morgan fingerprint density at radius 2 is 1.84 bits per heavy atom. The van der Waals surface area contributed by atoms with Crippen molar-refractivity contribution in [2.24, 2.45) is 5.92 Å². The van der Waals surface area contributed by atoms with Gasteiger partial charge in [0.05, 0.1) is 25.4 Å². The second-order valence-corrected chi connectivity index (χ2v) is 12.4. The summed E-state index contributed by atoms with van der Waals surface area (Å²) in [5, 5.41) is 0. The summed E-state index contributed by atoms with van der Waals surface area (Å²) in [5.74, 6) is 2.58. The first-order valence-electron chi connectivity index (χ1n) is 14.9. The number of carbonyl (C=O) groups excluding carboxylic acids is 1. The van der Waals surface area contributed by atoms with Gasteiger partial charge in [-0.3, -0.25) is 14.9 Å². The Morgan fingerprint density at radius 1 is 1.05 bits per heavy atom. The molecule has 5 rings (SSSR count). The van der Waals surface area contributed by atoms with Crippen molar-refractivity contribution in [2.75, 3.05) is 39.9 Å². The van der Waals surface area contributed by atoms with Gasteiger partial charge in [-0.2, -0.15) is 0 Å². The van der Waals surface area contributed by atoms with Crippen LogP contribution in [0.25, 0.3) is 22.2 Å². The van der Waals surface area contributed by atoms with Crippen LogP contribution in [-0.2, 0) is 17.7 Å². The van der Waals surface area contributed by atoms with Crippen LogP contribution in [0.1, 0.15) is 51.7 Å². The topological polar surface area (TPSA) is 106 Å². The lowest BCUT2D eigenvalue weighted by Gasteiger charge is -2.35. The highest BCUT2D eigenvalue weighted by Gasteiger charge is 2.26. The maximum atomic E-state index is 12.4. The Bertz CT molecular complexity index is 1550. The third-order valence-corrected chi connectivity index (χ3v) is 7.17. The van der Waals surface area contributed by atoms with E-state index >= 15 is 0 Å². The van der Waals surface area contributed by atoms with Gasteiger partial charge in [0.25, 0.3) is 0 Å². The Morgan fingerprint density at radius 3 is 2.56 bits per heavy atom. The molecule has 0 saturated carbocycles. The van der Waals surface area contributed by atoms with Gasteiger partial charge in [0, 0.05) is 68.4 Å². The van der Waals surface area contributed by atoms with Crippen molar-refractivity contribution in [3.8, 4) is 22.6 Å². The number of hydrogen-bond donors (Lipinski definition) is 1. The summed E-state index contributed by atoms with van der Waals surface area (Å²) >= 11 is 0. The van der Waals surface area contributed by atoms with E-state index in [-0.39, 0.29) is 6.09 Å². The number of nitrogens with zero attached hydrogens (tertiary/aromatic N) is 5. The van der Waals surface area contributed by atoms with E-state index in [1.54, 1.807) is 24.4 Å². The van der Waals surface area contributed by atoms with E-state index in [0.29, 0.717) is 37.8 Å². The minimum atomic E-state index is -0.486. The molecule has 1 aliphatic heterocycles. The lowest BCUT2D eigenvalue weighted by molar-refractivity contribution is 0.0139. The van der Waals surface area contributed by atoms with Crippen molar-refractivity contribution in [1.29, 1.82) is 0 Å². The van der Waals surface area contributed by atoms with Gasteiger partial charge in [0.15, 0.2) is 5.75 Å². The molecule has 1 aliphatic rings. The zero-order valence-corrected chi connectivity index (χ0v) is 26.0. The van der Waals surface area contributed by atoms with Crippen molar-refractivity contribution in [3.63, 3.8) is 0 Å². The first-order chi connectivity index (χ1) is 20.6. The number of ether oxygens (including phenoxy) is 3. The van der Waals surface area contributed by atoms with E-state index in [9.17, 15) is 4.79 Å². The average Bonchev–Trinajstić information content (AvgIpc) is 3.38. The molecule has 4 aromatic rings. The second-order valence-electron chi connectivity index (χ2n) is 12.4. The number of hydrogen-bond acceptors (Lipinski definition) is 8. The van der Waals surface area contributed by atoms with Crippen LogP contribution in [0.4, 0.5) is 4.79 Å². The molecule has 1 amide bonds. The second kappa shape index (κ2) is 13.0. The van der Waals surface area contributed by atoms with Gasteiger partial charge in [-0.15, -0.1) is 0 Å². The summed E-state index contributed by atoms with van der Waals surface area (Å²) < 4.78 is 17.5. The Balaban J connectivity index is 1.31. The highest BCUT2D eigenvalue weighted by atomic mass is 16.6. The van der Waals surface area contributed by atoms with Crippen LogP contribution in [0.3, 0.4) is 0 Å². The van der Waals surface area contributed by atoms with Crippen LogP contribution in [0.15, 0.2) is 48.9 Å². The van der Waals surface area contributed by atoms with Crippen LogP contribution in [0, 0.1) is 5.92 Å². The van der Waals surface area contributed by atoms with Crippen molar-refractivity contribution < 1.29 is 19.0 Å². The van der Waals surface area contributed by atoms with Gasteiger partial charge in [-0.05, 0) is 62.6 Å². The number of fused-ring (bicyclic) bond motifs is 1. The number of aromatic nitrogens is 4. The average molecular weight is 587 g/mol. The summed E-state index contributed by atoms with van der Waals surface area (Å²) in [4.78, 5) is 33.9. The monoisotopic (exact) mass is 586 g/mol. The molecule has 43 heavy (non-hydrogen) atoms. The number of benzene rings is 1. The Labute approximate surface area is 253 Å². The van der Waals surface area contributed by atoms with E-state index in [4.69, 9.17) is 19.2 Å². The molecule has 4 heterocycles. The quantitative estimate of drug-likeness (QED) is 0.266. The molecule has 10 nitrogen and oxygen atoms in total. The molecular weight excluding hydrogens is 544 g/mol. The normalized spacial score (nSPS) is 14.3. The summed E-state index contributed by atoms with van der Waals surface area (Å²) in [6.07, 6.45) is 5.64. The summed E-state index contributed by atoms with van der Waals surface area (Å²) in [6, 6.07) is 10.2. The maximum absolute atomic E-state index is 12.4. The summed E-state index contributed by atoms with van der Waals surface area (Å²) in [5.41, 5.74) is 5.14. The fourth-order valence-corrected chi connectivity index (χ4v) is 5.13. The Kier molecular flexibility index (Phi) is 9.15. The van der Waals surface area contributed by atoms with Gasteiger partial charge in [0.1, 0.15) is 22.7 Å². The highest BCUT2D eigenvalue weighted by Crippen LogP contribution is 2.40. The van der Waals surface area contributed by atoms with E-state index < -0.39 is 5.60 Å². The number of pyridine rings is 2. The molecule has 0 aliphatic carbocycles. The third-order valence-electron chi connectivity index (χ3n) is 7.17. The minimum Gasteiger partial charge on any atom is -0.494 e. The minimum absolute atomic E-state index is 0.242. The van der Waals surface area contributed by atoms with Crippen LogP contribution in [0.2, 0.25) is 0 Å². The van der Waals surface area contributed by atoms with E-state index in [0.717, 1.165) is 59.1 Å². The molecule has 0 radical (unpaired) electrons. The number of methoxy groups -OCH3 is 1. The van der Waals surface area contributed by atoms with Gasteiger partial charge in [-0.25, -0.2) is 9.78 Å². The zero-order valence-electron chi connectivity index (χ0n) is 26.0. The van der Waals surface area contributed by atoms with Crippen LogP contribution >= 0.6 is 0 Å². The van der Waals surface area contributed by atoms with Gasteiger partial charge in [-0.1, -0.05) is 13.8 Å². The molecule has 1 aromatic carbocycles. The number of imidazole rings is 1. The van der Waals surface area contributed by atoms with Crippen LogP contribution in [0.5, 0.6) is 11.5 Å². The van der Waals surface area contributed by atoms with E-state index in [2.05, 4.69) is 45.8 Å². The predicted octanol–water partition coefficient (Wildman–Crippen LogP) is 5.71. The number of rotatable bonds is 9. The zero-order chi connectivity index (χ0) is 30.6. The number of nitrogens with one attached hydrogen (secondary N) is 1. The molecule has 0 atom stereocenters. The Hall–Kier alpha value is -4.18. The molecule has 0 unspecified atom stereocenters. The molecule has 1 N–H and O–H groups in total. The lowest BCUT2D eigenvalue weighted by Crippen LogP contribution is -2.49. The van der Waals surface area contributed by atoms with Gasteiger partial charge in [0.2, 0.25) is 0 Å². The van der Waals surface area contributed by atoms with Gasteiger partial charge < -0.3 is 24.1 Å².